The SMILES string of the molecule is CC1(C2CC2)NC(=O)N(CC(=O)N2CCc3ccccc3C2)C1=O. The van der Waals surface area contributed by atoms with Gasteiger partial charge in [-0.25, -0.2) is 4.79 Å². The summed E-state index contributed by atoms with van der Waals surface area (Å²) >= 11 is 0. The predicted octanol–water partition coefficient (Wildman–Crippen LogP) is 1.29. The number of imide groups is 1. The van der Waals surface area contributed by atoms with Crippen LogP contribution in [0.5, 0.6) is 0 Å². The maximum atomic E-state index is 12.6. The van der Waals surface area contributed by atoms with Crippen molar-refractivity contribution in [3.05, 3.63) is 35.4 Å². The van der Waals surface area contributed by atoms with Gasteiger partial charge in [-0.1, -0.05) is 24.3 Å². The van der Waals surface area contributed by atoms with Crippen LogP contribution in [0.3, 0.4) is 0 Å². The topological polar surface area (TPSA) is 69.7 Å². The summed E-state index contributed by atoms with van der Waals surface area (Å²) in [5, 5.41) is 2.78. The lowest BCUT2D eigenvalue weighted by Crippen LogP contribution is -2.47. The molecule has 0 radical (unpaired) electrons. The van der Waals surface area contributed by atoms with Crippen molar-refractivity contribution < 1.29 is 14.4 Å². The van der Waals surface area contributed by atoms with Crippen LogP contribution in [0.1, 0.15) is 30.9 Å². The zero-order valence-electron chi connectivity index (χ0n) is 13.7. The van der Waals surface area contributed by atoms with E-state index in [0.717, 1.165) is 29.7 Å². The standard InChI is InChI=1S/C18H21N3O3/c1-18(14-6-7-14)16(23)21(17(24)19-18)11-15(22)20-9-8-12-4-2-3-5-13(12)10-20/h2-5,14H,6-11H2,1H3,(H,19,24). The lowest BCUT2D eigenvalue weighted by molar-refractivity contribution is -0.139. The van der Waals surface area contributed by atoms with E-state index in [9.17, 15) is 14.4 Å². The van der Waals surface area contributed by atoms with Gasteiger partial charge in [-0.05, 0) is 43.2 Å². The summed E-state index contributed by atoms with van der Waals surface area (Å²) in [7, 11) is 0. The number of carbonyl (C=O) groups is 3. The minimum Gasteiger partial charge on any atom is -0.336 e. The number of benzene rings is 1. The molecule has 4 rings (SSSR count). The number of amides is 4. The molecule has 1 saturated carbocycles. The van der Waals surface area contributed by atoms with Gasteiger partial charge in [0.05, 0.1) is 0 Å². The highest BCUT2D eigenvalue weighted by atomic mass is 16.2. The molecule has 1 aromatic carbocycles. The van der Waals surface area contributed by atoms with Crippen molar-refractivity contribution in [1.29, 1.82) is 0 Å². The molecule has 24 heavy (non-hydrogen) atoms. The first-order valence-electron chi connectivity index (χ1n) is 8.48. The van der Waals surface area contributed by atoms with Crippen molar-refractivity contribution >= 4 is 17.8 Å². The van der Waals surface area contributed by atoms with E-state index < -0.39 is 11.6 Å². The van der Waals surface area contributed by atoms with Crippen LogP contribution >= 0.6 is 0 Å². The zero-order valence-corrected chi connectivity index (χ0v) is 13.7. The Kier molecular flexibility index (Phi) is 3.37. The smallest absolute Gasteiger partial charge is 0.325 e. The number of carbonyl (C=O) groups excluding carboxylic acids is 3. The van der Waals surface area contributed by atoms with Gasteiger partial charge in [0.15, 0.2) is 0 Å². The van der Waals surface area contributed by atoms with E-state index in [-0.39, 0.29) is 24.3 Å². The molecule has 1 aromatic rings. The average Bonchev–Trinajstić information content (AvgIpc) is 3.40. The van der Waals surface area contributed by atoms with Crippen molar-refractivity contribution in [2.24, 2.45) is 5.92 Å². The molecule has 2 aliphatic heterocycles. The van der Waals surface area contributed by atoms with Gasteiger partial charge in [-0.15, -0.1) is 0 Å². The van der Waals surface area contributed by atoms with E-state index in [2.05, 4.69) is 11.4 Å². The van der Waals surface area contributed by atoms with Crippen molar-refractivity contribution in [2.45, 2.75) is 38.3 Å². The van der Waals surface area contributed by atoms with Crippen LogP contribution in [0, 0.1) is 5.92 Å². The first kappa shape index (κ1) is 15.2. The third-order valence-electron chi connectivity index (χ3n) is 5.47. The summed E-state index contributed by atoms with van der Waals surface area (Å²) in [5.74, 6) is -0.232. The monoisotopic (exact) mass is 327 g/mol. The van der Waals surface area contributed by atoms with Crippen LogP contribution in [0.2, 0.25) is 0 Å². The maximum Gasteiger partial charge on any atom is 0.325 e. The molecular weight excluding hydrogens is 306 g/mol. The number of nitrogens with one attached hydrogen (secondary N) is 1. The average molecular weight is 327 g/mol. The van der Waals surface area contributed by atoms with Gasteiger partial charge >= 0.3 is 6.03 Å². The largest absolute Gasteiger partial charge is 0.336 e. The highest BCUT2D eigenvalue weighted by molar-refractivity contribution is 6.09. The van der Waals surface area contributed by atoms with Gasteiger partial charge < -0.3 is 10.2 Å². The molecule has 6 heteroatoms. The van der Waals surface area contributed by atoms with Crippen LogP contribution in [-0.2, 0) is 22.6 Å². The number of nitrogens with zero attached hydrogens (tertiary/aromatic N) is 2. The summed E-state index contributed by atoms with van der Waals surface area (Å²) in [5.41, 5.74) is 1.57. The number of rotatable bonds is 3. The lowest BCUT2D eigenvalue weighted by Gasteiger charge is -2.30. The molecule has 1 aliphatic carbocycles. The number of urea groups is 1. The highest BCUT2D eigenvalue weighted by Gasteiger charge is 2.56. The van der Waals surface area contributed by atoms with E-state index in [0.29, 0.717) is 13.1 Å². The minimum absolute atomic E-state index is 0.171. The van der Waals surface area contributed by atoms with Gasteiger partial charge in [0.1, 0.15) is 12.1 Å². The molecule has 2 fully saturated rings. The van der Waals surface area contributed by atoms with E-state index >= 15 is 0 Å². The number of hydrogen-bond acceptors (Lipinski definition) is 3. The minimum atomic E-state index is -0.828. The molecule has 3 aliphatic rings. The summed E-state index contributed by atoms with van der Waals surface area (Å²) < 4.78 is 0. The Hall–Kier alpha value is -2.37. The second-order valence-electron chi connectivity index (χ2n) is 7.13. The molecule has 6 nitrogen and oxygen atoms in total. The van der Waals surface area contributed by atoms with Crippen LogP contribution in [-0.4, -0.2) is 46.3 Å². The van der Waals surface area contributed by atoms with E-state index in [1.54, 1.807) is 11.8 Å². The zero-order chi connectivity index (χ0) is 16.9. The van der Waals surface area contributed by atoms with E-state index in [1.807, 2.05) is 18.2 Å². The first-order chi connectivity index (χ1) is 11.5. The third-order valence-corrected chi connectivity index (χ3v) is 5.47. The molecule has 0 aromatic heterocycles. The van der Waals surface area contributed by atoms with Crippen molar-refractivity contribution in [1.82, 2.24) is 15.1 Å². The summed E-state index contributed by atoms with van der Waals surface area (Å²) in [4.78, 5) is 40.2. The Morgan fingerprint density at radius 1 is 1.25 bits per heavy atom. The summed E-state index contributed by atoms with van der Waals surface area (Å²) in [6, 6.07) is 7.62. The Labute approximate surface area is 140 Å². The molecule has 4 amide bonds. The Balaban J connectivity index is 1.45. The highest BCUT2D eigenvalue weighted by Crippen LogP contribution is 2.42. The predicted molar refractivity (Wildman–Crippen MR) is 86.9 cm³/mol. The molecule has 0 spiro atoms. The fourth-order valence-corrected chi connectivity index (χ4v) is 3.74. The van der Waals surface area contributed by atoms with E-state index in [1.165, 1.54) is 5.56 Å². The Bertz CT molecular complexity index is 728. The van der Waals surface area contributed by atoms with E-state index in [4.69, 9.17) is 0 Å². The molecule has 1 atom stereocenters. The Morgan fingerprint density at radius 2 is 1.96 bits per heavy atom. The molecule has 1 unspecified atom stereocenters. The first-order valence-corrected chi connectivity index (χ1v) is 8.48. The molecular formula is C18H21N3O3. The van der Waals surface area contributed by atoms with Gasteiger partial charge in [-0.3, -0.25) is 14.5 Å². The second kappa shape index (κ2) is 5.33. The fourth-order valence-electron chi connectivity index (χ4n) is 3.74. The number of fused-ring (bicyclic) bond motifs is 1. The van der Waals surface area contributed by atoms with Gasteiger partial charge in [0.25, 0.3) is 5.91 Å². The molecule has 2 heterocycles. The van der Waals surface area contributed by atoms with Crippen LogP contribution < -0.4 is 5.32 Å². The molecule has 0 bridgehead atoms. The third kappa shape index (κ3) is 2.37. The molecule has 1 saturated heterocycles. The summed E-state index contributed by atoms with van der Waals surface area (Å²) in [6.07, 6.45) is 2.71. The van der Waals surface area contributed by atoms with Crippen molar-refractivity contribution in [3.63, 3.8) is 0 Å². The van der Waals surface area contributed by atoms with Crippen molar-refractivity contribution in [2.75, 3.05) is 13.1 Å². The summed E-state index contributed by atoms with van der Waals surface area (Å²) in [6.45, 7) is 2.76. The van der Waals surface area contributed by atoms with Crippen LogP contribution in [0.25, 0.3) is 0 Å². The van der Waals surface area contributed by atoms with Crippen molar-refractivity contribution in [3.8, 4) is 0 Å². The Morgan fingerprint density at radius 3 is 2.67 bits per heavy atom. The van der Waals surface area contributed by atoms with Gasteiger partial charge in [0.2, 0.25) is 5.91 Å². The van der Waals surface area contributed by atoms with Crippen LogP contribution in [0.4, 0.5) is 4.79 Å². The van der Waals surface area contributed by atoms with Crippen LogP contribution in [0.15, 0.2) is 24.3 Å². The fraction of sp³-hybridized carbons (Fsp3) is 0.500. The second-order valence-corrected chi connectivity index (χ2v) is 7.13. The molecule has 126 valence electrons. The maximum absolute atomic E-state index is 12.6. The van der Waals surface area contributed by atoms with Gasteiger partial charge in [-0.2, -0.15) is 0 Å². The van der Waals surface area contributed by atoms with Gasteiger partial charge in [0, 0.05) is 13.1 Å². The quantitative estimate of drug-likeness (QED) is 0.851. The lowest BCUT2D eigenvalue weighted by atomic mass is 9.96. The molecule has 1 N–H and O–H groups in total. The normalized spacial score (nSPS) is 26.4. The number of hydrogen-bond donors (Lipinski definition) is 1.